The van der Waals surface area contributed by atoms with E-state index in [2.05, 4.69) is 5.32 Å². The molecule has 1 N–H and O–H groups in total. The molecule has 1 amide bonds. The van der Waals surface area contributed by atoms with Crippen molar-refractivity contribution in [2.24, 2.45) is 0 Å². The first-order valence-electron chi connectivity index (χ1n) is 9.63. The van der Waals surface area contributed by atoms with Crippen molar-refractivity contribution in [3.63, 3.8) is 0 Å². The SMILES string of the molecule is O=C(c1ccccc1)N(CCc1ccccc1)CCS(=O)(=O)N1CCNCC1. The third-order valence-electron chi connectivity index (χ3n) is 4.91. The molecule has 0 aromatic heterocycles. The number of hydrogen-bond donors (Lipinski definition) is 1. The van der Waals surface area contributed by atoms with Crippen molar-refractivity contribution in [2.75, 3.05) is 45.0 Å². The molecule has 0 unspecified atom stereocenters. The summed E-state index contributed by atoms with van der Waals surface area (Å²) in [6.07, 6.45) is 0.688. The van der Waals surface area contributed by atoms with Gasteiger partial charge in [0.05, 0.1) is 5.75 Å². The van der Waals surface area contributed by atoms with E-state index in [4.69, 9.17) is 0 Å². The summed E-state index contributed by atoms with van der Waals surface area (Å²) < 4.78 is 26.9. The summed E-state index contributed by atoms with van der Waals surface area (Å²) in [5, 5.41) is 3.16. The fourth-order valence-corrected chi connectivity index (χ4v) is 4.71. The first-order chi connectivity index (χ1) is 13.6. The van der Waals surface area contributed by atoms with Crippen LogP contribution in [0.15, 0.2) is 60.7 Å². The summed E-state index contributed by atoms with van der Waals surface area (Å²) in [6.45, 7) is 2.97. The first kappa shape index (κ1) is 20.5. The molecular weight excluding hydrogens is 374 g/mol. The Morgan fingerprint density at radius 2 is 1.54 bits per heavy atom. The van der Waals surface area contributed by atoms with Gasteiger partial charge < -0.3 is 10.2 Å². The number of sulfonamides is 1. The minimum atomic E-state index is -3.38. The first-order valence-corrected chi connectivity index (χ1v) is 11.2. The van der Waals surface area contributed by atoms with Crippen LogP contribution in [0.4, 0.5) is 0 Å². The number of piperazine rings is 1. The average molecular weight is 402 g/mol. The molecule has 0 atom stereocenters. The van der Waals surface area contributed by atoms with Gasteiger partial charge in [-0.1, -0.05) is 48.5 Å². The molecule has 3 rings (SSSR count). The Morgan fingerprint density at radius 1 is 0.929 bits per heavy atom. The van der Waals surface area contributed by atoms with E-state index in [-0.39, 0.29) is 18.2 Å². The molecular formula is C21H27N3O3S. The fraction of sp³-hybridized carbons (Fsp3) is 0.381. The van der Waals surface area contributed by atoms with Crippen LogP contribution in [0, 0.1) is 0 Å². The maximum Gasteiger partial charge on any atom is 0.253 e. The van der Waals surface area contributed by atoms with Crippen LogP contribution in [0.25, 0.3) is 0 Å². The van der Waals surface area contributed by atoms with Crippen molar-refractivity contribution in [3.8, 4) is 0 Å². The summed E-state index contributed by atoms with van der Waals surface area (Å²) >= 11 is 0. The van der Waals surface area contributed by atoms with Gasteiger partial charge in [-0.2, -0.15) is 4.31 Å². The Kier molecular flexibility index (Phi) is 7.19. The van der Waals surface area contributed by atoms with Crippen molar-refractivity contribution in [2.45, 2.75) is 6.42 Å². The minimum Gasteiger partial charge on any atom is -0.337 e. The van der Waals surface area contributed by atoms with Gasteiger partial charge in [0.1, 0.15) is 0 Å². The number of carbonyl (C=O) groups excluding carboxylic acids is 1. The smallest absolute Gasteiger partial charge is 0.253 e. The molecule has 1 heterocycles. The second-order valence-corrected chi connectivity index (χ2v) is 8.95. The van der Waals surface area contributed by atoms with Gasteiger partial charge in [0.2, 0.25) is 10.0 Å². The third kappa shape index (κ3) is 5.64. The van der Waals surface area contributed by atoms with E-state index < -0.39 is 10.0 Å². The lowest BCUT2D eigenvalue weighted by Gasteiger charge is -2.28. The van der Waals surface area contributed by atoms with Gasteiger partial charge in [0.15, 0.2) is 0 Å². The quantitative estimate of drug-likeness (QED) is 0.730. The van der Waals surface area contributed by atoms with Crippen LogP contribution in [-0.2, 0) is 16.4 Å². The van der Waals surface area contributed by atoms with E-state index >= 15 is 0 Å². The number of carbonyl (C=O) groups is 1. The molecule has 7 heteroatoms. The van der Waals surface area contributed by atoms with Crippen LogP contribution in [0.2, 0.25) is 0 Å². The molecule has 2 aromatic carbocycles. The van der Waals surface area contributed by atoms with E-state index in [0.29, 0.717) is 44.7 Å². The van der Waals surface area contributed by atoms with Crippen molar-refractivity contribution in [1.82, 2.24) is 14.5 Å². The number of nitrogens with zero attached hydrogens (tertiary/aromatic N) is 2. The molecule has 0 radical (unpaired) electrons. The van der Waals surface area contributed by atoms with Crippen LogP contribution in [0.5, 0.6) is 0 Å². The van der Waals surface area contributed by atoms with Gasteiger partial charge >= 0.3 is 0 Å². The van der Waals surface area contributed by atoms with Crippen LogP contribution < -0.4 is 5.32 Å². The molecule has 0 bridgehead atoms. The molecule has 6 nitrogen and oxygen atoms in total. The zero-order valence-corrected chi connectivity index (χ0v) is 16.8. The van der Waals surface area contributed by atoms with Crippen LogP contribution >= 0.6 is 0 Å². The van der Waals surface area contributed by atoms with Gasteiger partial charge in [-0.3, -0.25) is 4.79 Å². The number of hydrogen-bond acceptors (Lipinski definition) is 4. The van der Waals surface area contributed by atoms with Crippen molar-refractivity contribution >= 4 is 15.9 Å². The number of benzene rings is 2. The standard InChI is InChI=1S/C21H27N3O3S/c25-21(20-9-5-2-6-10-20)23(14-11-19-7-3-1-4-8-19)17-18-28(26,27)24-15-12-22-13-16-24/h1-10,22H,11-18H2. The average Bonchev–Trinajstić information content (AvgIpc) is 2.75. The third-order valence-corrected chi connectivity index (χ3v) is 6.76. The minimum absolute atomic E-state index is 0.0552. The second kappa shape index (κ2) is 9.82. The highest BCUT2D eigenvalue weighted by Gasteiger charge is 2.25. The Morgan fingerprint density at radius 3 is 2.18 bits per heavy atom. The highest BCUT2D eigenvalue weighted by molar-refractivity contribution is 7.89. The molecule has 1 fully saturated rings. The monoisotopic (exact) mass is 401 g/mol. The van der Waals surface area contributed by atoms with Gasteiger partial charge in [-0.15, -0.1) is 0 Å². The number of rotatable bonds is 8. The molecule has 0 spiro atoms. The van der Waals surface area contributed by atoms with E-state index in [0.717, 1.165) is 5.56 Å². The van der Waals surface area contributed by atoms with Crippen LogP contribution in [0.1, 0.15) is 15.9 Å². The predicted octanol–water partition coefficient (Wildman–Crippen LogP) is 1.61. The van der Waals surface area contributed by atoms with Crippen molar-refractivity contribution < 1.29 is 13.2 Å². The Bertz CT molecular complexity index is 851. The van der Waals surface area contributed by atoms with Crippen molar-refractivity contribution in [3.05, 3.63) is 71.8 Å². The molecule has 0 saturated carbocycles. The molecule has 28 heavy (non-hydrogen) atoms. The zero-order valence-electron chi connectivity index (χ0n) is 16.0. The zero-order chi connectivity index (χ0) is 19.8. The lowest BCUT2D eigenvalue weighted by Crippen LogP contribution is -2.48. The molecule has 2 aromatic rings. The largest absolute Gasteiger partial charge is 0.337 e. The Hall–Kier alpha value is -2.22. The lowest BCUT2D eigenvalue weighted by atomic mass is 10.1. The lowest BCUT2D eigenvalue weighted by molar-refractivity contribution is 0.0767. The van der Waals surface area contributed by atoms with Gasteiger partial charge in [0.25, 0.3) is 5.91 Å². The van der Waals surface area contributed by atoms with E-state index in [1.807, 2.05) is 48.5 Å². The summed E-state index contributed by atoms with van der Waals surface area (Å²) in [6, 6.07) is 19.0. The van der Waals surface area contributed by atoms with Crippen LogP contribution in [-0.4, -0.2) is 68.6 Å². The van der Waals surface area contributed by atoms with Gasteiger partial charge in [0, 0.05) is 44.8 Å². The highest BCUT2D eigenvalue weighted by atomic mass is 32.2. The maximum absolute atomic E-state index is 13.0. The molecule has 1 aliphatic rings. The summed E-state index contributed by atoms with van der Waals surface area (Å²) in [5.74, 6) is -0.188. The highest BCUT2D eigenvalue weighted by Crippen LogP contribution is 2.10. The molecule has 0 aliphatic carbocycles. The maximum atomic E-state index is 13.0. The van der Waals surface area contributed by atoms with Crippen molar-refractivity contribution in [1.29, 1.82) is 0 Å². The normalized spacial score (nSPS) is 15.3. The summed E-state index contributed by atoms with van der Waals surface area (Å²) in [4.78, 5) is 14.6. The molecule has 1 saturated heterocycles. The van der Waals surface area contributed by atoms with Gasteiger partial charge in [-0.25, -0.2) is 8.42 Å². The predicted molar refractivity (Wildman–Crippen MR) is 111 cm³/mol. The topological polar surface area (TPSA) is 69.7 Å². The second-order valence-electron chi connectivity index (χ2n) is 6.86. The fourth-order valence-electron chi connectivity index (χ4n) is 3.26. The number of nitrogens with one attached hydrogen (secondary N) is 1. The summed E-state index contributed by atoms with van der Waals surface area (Å²) in [5.41, 5.74) is 1.70. The van der Waals surface area contributed by atoms with E-state index in [1.54, 1.807) is 17.0 Å². The molecule has 150 valence electrons. The Labute approximate surface area is 167 Å². The van der Waals surface area contributed by atoms with Crippen LogP contribution in [0.3, 0.4) is 0 Å². The molecule has 1 aliphatic heterocycles. The van der Waals surface area contributed by atoms with Gasteiger partial charge in [-0.05, 0) is 24.1 Å². The Balaban J connectivity index is 1.69. The number of amides is 1. The van der Waals surface area contributed by atoms with E-state index in [1.165, 1.54) is 4.31 Å². The van der Waals surface area contributed by atoms with E-state index in [9.17, 15) is 13.2 Å². The summed E-state index contributed by atoms with van der Waals surface area (Å²) in [7, 11) is -3.38.